The van der Waals surface area contributed by atoms with Crippen LogP contribution in [0, 0.1) is 0 Å². The van der Waals surface area contributed by atoms with Gasteiger partial charge < -0.3 is 29.6 Å². The molecular weight excluding hydrogens is 462 g/mol. The van der Waals surface area contributed by atoms with E-state index in [1.54, 1.807) is 13.3 Å². The molecule has 0 aliphatic carbocycles. The second-order valence-electron chi connectivity index (χ2n) is 9.39. The molecule has 0 spiro atoms. The summed E-state index contributed by atoms with van der Waals surface area (Å²) in [5.74, 6) is 0.281. The van der Waals surface area contributed by atoms with Gasteiger partial charge in [-0.3, -0.25) is 9.78 Å². The molecule has 8 nitrogen and oxygen atoms in total. The number of nitrogens with zero attached hydrogens (tertiary/aromatic N) is 3. The first kappa shape index (κ1) is 24.7. The van der Waals surface area contributed by atoms with E-state index in [1.807, 2.05) is 36.4 Å². The number of carbonyl (C=O) groups is 1. The molecule has 0 bridgehead atoms. The fourth-order valence-electron chi connectivity index (χ4n) is 4.24. The Labute approximate surface area is 211 Å². The lowest BCUT2D eigenvalue weighted by Crippen LogP contribution is -2.29. The van der Waals surface area contributed by atoms with Gasteiger partial charge in [0.1, 0.15) is 12.4 Å². The number of methoxy groups -OCH3 is 2. The number of aromatic nitrogens is 2. The Bertz CT molecular complexity index is 1210. The van der Waals surface area contributed by atoms with E-state index < -0.39 is 0 Å². The zero-order valence-electron chi connectivity index (χ0n) is 20.6. The van der Waals surface area contributed by atoms with Crippen LogP contribution in [0.5, 0.6) is 5.75 Å². The number of anilines is 2. The van der Waals surface area contributed by atoms with Crippen LogP contribution < -0.4 is 20.3 Å². The van der Waals surface area contributed by atoms with Gasteiger partial charge in [-0.15, -0.1) is 0 Å². The highest BCUT2D eigenvalue weighted by molar-refractivity contribution is 7.80. The van der Waals surface area contributed by atoms with Crippen molar-refractivity contribution < 1.29 is 14.3 Å². The van der Waals surface area contributed by atoms with Crippen LogP contribution in [0.4, 0.5) is 11.4 Å². The number of rotatable bonds is 7. The number of hydrogen-bond donors (Lipinski definition) is 2. The molecule has 184 valence electrons. The predicted molar refractivity (Wildman–Crippen MR) is 141 cm³/mol. The lowest BCUT2D eigenvalue weighted by molar-refractivity contribution is -0.119. The third-order valence-electron chi connectivity index (χ3n) is 5.94. The Hall–Kier alpha value is -3.43. The van der Waals surface area contributed by atoms with Crippen molar-refractivity contribution in [3.63, 3.8) is 0 Å². The van der Waals surface area contributed by atoms with Crippen LogP contribution in [0.2, 0.25) is 0 Å². The van der Waals surface area contributed by atoms with Crippen molar-refractivity contribution in [3.05, 3.63) is 72.3 Å². The summed E-state index contributed by atoms with van der Waals surface area (Å²) in [6.45, 7) is 6.45. The standard InChI is InChI=1S/C26H31N5O3S/c1-26(2,3)30-13-11-17(15-30)24-23(19-8-6-7-12-27-19)29-25(35)31(24)18-9-10-21(34-5)20(14-18)28-22(32)16-33-4/h6-15,23-24H,16H2,1-5H3,(H,28,32)(H,29,35)/t23-,24+/m1/s1. The first-order valence-electron chi connectivity index (χ1n) is 11.4. The van der Waals surface area contributed by atoms with Gasteiger partial charge >= 0.3 is 0 Å². The van der Waals surface area contributed by atoms with Crippen LogP contribution in [0.3, 0.4) is 0 Å². The molecule has 2 aromatic heterocycles. The second-order valence-corrected chi connectivity index (χ2v) is 9.77. The summed E-state index contributed by atoms with van der Waals surface area (Å²) in [4.78, 5) is 18.9. The molecule has 4 rings (SSSR count). The van der Waals surface area contributed by atoms with E-state index in [1.165, 1.54) is 7.11 Å². The topological polar surface area (TPSA) is 80.7 Å². The summed E-state index contributed by atoms with van der Waals surface area (Å²) in [5.41, 5.74) is 3.30. The highest BCUT2D eigenvalue weighted by atomic mass is 32.1. The maximum atomic E-state index is 12.2. The van der Waals surface area contributed by atoms with Crippen molar-refractivity contribution in [2.45, 2.75) is 38.4 Å². The summed E-state index contributed by atoms with van der Waals surface area (Å²) < 4.78 is 12.6. The third-order valence-corrected chi connectivity index (χ3v) is 6.26. The molecule has 1 aromatic carbocycles. The maximum Gasteiger partial charge on any atom is 0.250 e. The number of benzene rings is 1. The van der Waals surface area contributed by atoms with Gasteiger partial charge in [-0.25, -0.2) is 0 Å². The summed E-state index contributed by atoms with van der Waals surface area (Å²) in [7, 11) is 3.05. The lowest BCUT2D eigenvalue weighted by atomic mass is 9.98. The van der Waals surface area contributed by atoms with Gasteiger partial charge in [0.15, 0.2) is 5.11 Å². The summed E-state index contributed by atoms with van der Waals surface area (Å²) in [6, 6.07) is 13.3. The van der Waals surface area contributed by atoms with E-state index in [4.69, 9.17) is 21.7 Å². The average molecular weight is 494 g/mol. The molecule has 3 heterocycles. The highest BCUT2D eigenvalue weighted by Crippen LogP contribution is 2.43. The first-order valence-corrected chi connectivity index (χ1v) is 11.8. The minimum absolute atomic E-state index is 0.0538. The zero-order chi connectivity index (χ0) is 25.2. The van der Waals surface area contributed by atoms with Crippen molar-refractivity contribution >= 4 is 34.6 Å². The van der Waals surface area contributed by atoms with Gasteiger partial charge in [-0.05, 0) is 75.0 Å². The van der Waals surface area contributed by atoms with Crippen LogP contribution in [-0.2, 0) is 15.1 Å². The third kappa shape index (κ3) is 5.16. The van der Waals surface area contributed by atoms with Crippen molar-refractivity contribution in [3.8, 4) is 5.75 Å². The molecule has 1 aliphatic heterocycles. The Kier molecular flexibility index (Phi) is 7.09. The van der Waals surface area contributed by atoms with E-state index in [2.05, 4.69) is 64.3 Å². The van der Waals surface area contributed by atoms with Crippen LogP contribution in [0.25, 0.3) is 0 Å². The Morgan fingerprint density at radius 2 is 2.00 bits per heavy atom. The van der Waals surface area contributed by atoms with E-state index in [0.717, 1.165) is 16.9 Å². The van der Waals surface area contributed by atoms with Crippen molar-refractivity contribution in [2.75, 3.05) is 31.0 Å². The predicted octanol–water partition coefficient (Wildman–Crippen LogP) is 4.41. The molecule has 1 aliphatic rings. The van der Waals surface area contributed by atoms with Gasteiger partial charge in [-0.1, -0.05) is 6.07 Å². The molecule has 1 saturated heterocycles. The van der Waals surface area contributed by atoms with Crippen LogP contribution in [0.15, 0.2) is 61.1 Å². The minimum atomic E-state index is -0.268. The lowest BCUT2D eigenvalue weighted by Gasteiger charge is -2.28. The molecule has 2 atom stereocenters. The Balaban J connectivity index is 1.79. The van der Waals surface area contributed by atoms with E-state index in [-0.39, 0.29) is 30.1 Å². The number of hydrogen-bond acceptors (Lipinski definition) is 5. The quantitative estimate of drug-likeness (QED) is 0.472. The smallest absolute Gasteiger partial charge is 0.250 e. The monoisotopic (exact) mass is 493 g/mol. The van der Waals surface area contributed by atoms with Crippen molar-refractivity contribution in [2.24, 2.45) is 0 Å². The van der Waals surface area contributed by atoms with E-state index in [9.17, 15) is 4.79 Å². The Morgan fingerprint density at radius 3 is 2.63 bits per heavy atom. The largest absolute Gasteiger partial charge is 0.495 e. The fraction of sp³-hybridized carbons (Fsp3) is 0.346. The number of pyridine rings is 1. The fourth-order valence-corrected chi connectivity index (χ4v) is 4.58. The highest BCUT2D eigenvalue weighted by Gasteiger charge is 2.41. The average Bonchev–Trinajstić information content (AvgIpc) is 3.44. The molecule has 35 heavy (non-hydrogen) atoms. The summed E-state index contributed by atoms with van der Waals surface area (Å²) in [6.07, 6.45) is 6.04. The van der Waals surface area contributed by atoms with Gasteiger partial charge in [-0.2, -0.15) is 0 Å². The van der Waals surface area contributed by atoms with Crippen LogP contribution in [-0.4, -0.2) is 41.4 Å². The normalized spacial score (nSPS) is 17.9. The molecule has 9 heteroatoms. The number of carbonyl (C=O) groups excluding carboxylic acids is 1. The molecule has 0 saturated carbocycles. The van der Waals surface area contributed by atoms with Gasteiger partial charge in [0.25, 0.3) is 0 Å². The van der Waals surface area contributed by atoms with E-state index in [0.29, 0.717) is 16.5 Å². The minimum Gasteiger partial charge on any atom is -0.495 e. The van der Waals surface area contributed by atoms with Crippen LogP contribution in [0.1, 0.15) is 44.1 Å². The van der Waals surface area contributed by atoms with Crippen LogP contribution >= 0.6 is 12.2 Å². The molecular formula is C26H31N5O3S. The van der Waals surface area contributed by atoms with Gasteiger partial charge in [0, 0.05) is 36.9 Å². The molecule has 1 amide bonds. The first-order chi connectivity index (χ1) is 16.7. The number of thiocarbonyl (C=S) groups is 1. The number of amides is 1. The molecule has 1 fully saturated rings. The number of nitrogens with one attached hydrogen (secondary N) is 2. The molecule has 2 N–H and O–H groups in total. The number of ether oxygens (including phenoxy) is 2. The van der Waals surface area contributed by atoms with Gasteiger partial charge in [0.2, 0.25) is 5.91 Å². The summed E-state index contributed by atoms with van der Waals surface area (Å²) in [5, 5.41) is 6.92. The van der Waals surface area contributed by atoms with E-state index >= 15 is 0 Å². The van der Waals surface area contributed by atoms with Gasteiger partial charge in [0.05, 0.1) is 30.6 Å². The summed E-state index contributed by atoms with van der Waals surface area (Å²) >= 11 is 5.83. The molecule has 0 unspecified atom stereocenters. The Morgan fingerprint density at radius 1 is 1.20 bits per heavy atom. The molecule has 3 aromatic rings. The van der Waals surface area contributed by atoms with Crippen molar-refractivity contribution in [1.82, 2.24) is 14.9 Å². The SMILES string of the molecule is COCC(=O)Nc1cc(N2C(=S)N[C@H](c3ccccn3)[C@@H]2c2ccn(C(C)(C)C)c2)ccc1OC. The maximum absolute atomic E-state index is 12.2. The zero-order valence-corrected chi connectivity index (χ0v) is 21.4. The molecule has 0 radical (unpaired) electrons. The van der Waals surface area contributed by atoms with Crippen molar-refractivity contribution in [1.29, 1.82) is 0 Å². The second kappa shape index (κ2) is 10.1.